The van der Waals surface area contributed by atoms with E-state index in [9.17, 15) is 0 Å². The van der Waals surface area contributed by atoms with E-state index in [2.05, 4.69) is 55.9 Å². The van der Waals surface area contributed by atoms with Crippen molar-refractivity contribution in [1.82, 2.24) is 21.3 Å². The lowest BCUT2D eigenvalue weighted by Gasteiger charge is -2.33. The number of nitrogens with one attached hydrogen (secondary N) is 4. The third-order valence-electron chi connectivity index (χ3n) is 3.90. The molecular formula is C15H35N5. The summed E-state index contributed by atoms with van der Waals surface area (Å²) in [6, 6.07) is 0.514. The van der Waals surface area contributed by atoms with Crippen LogP contribution in [0.5, 0.6) is 0 Å². The molecule has 1 saturated heterocycles. The standard InChI is InChI=1S/C15H35N5/c1-12-10-14(2,3)19-9-7-18-13(16)11-15(4,5)20-8-6-17-12/h12-13,17-20H,6-11,16H2,1-5H3. The zero-order chi connectivity index (χ0) is 15.2. The molecule has 2 unspecified atom stereocenters. The van der Waals surface area contributed by atoms with Gasteiger partial charge >= 0.3 is 0 Å². The van der Waals surface area contributed by atoms with E-state index >= 15 is 0 Å². The summed E-state index contributed by atoms with van der Waals surface area (Å²) in [5.41, 5.74) is 6.37. The Morgan fingerprint density at radius 2 is 1.30 bits per heavy atom. The van der Waals surface area contributed by atoms with Crippen molar-refractivity contribution >= 4 is 0 Å². The van der Waals surface area contributed by atoms with E-state index in [1.54, 1.807) is 0 Å². The van der Waals surface area contributed by atoms with Crippen LogP contribution in [0.1, 0.15) is 47.5 Å². The Hall–Kier alpha value is -0.200. The fourth-order valence-electron chi connectivity index (χ4n) is 2.98. The highest BCUT2D eigenvalue weighted by Gasteiger charge is 2.23. The second-order valence-electron chi connectivity index (χ2n) is 7.45. The van der Waals surface area contributed by atoms with Gasteiger partial charge in [-0.1, -0.05) is 0 Å². The highest BCUT2D eigenvalue weighted by Crippen LogP contribution is 2.12. The Morgan fingerprint density at radius 1 is 0.800 bits per heavy atom. The Morgan fingerprint density at radius 3 is 1.90 bits per heavy atom. The normalized spacial score (nSPS) is 33.3. The first kappa shape index (κ1) is 17.9. The Balaban J connectivity index is 2.55. The summed E-state index contributed by atoms with van der Waals surface area (Å²) in [6.07, 6.45) is 2.08. The largest absolute Gasteiger partial charge is 0.316 e. The van der Waals surface area contributed by atoms with Gasteiger partial charge in [-0.25, -0.2) is 0 Å². The molecule has 6 N–H and O–H groups in total. The molecule has 5 nitrogen and oxygen atoms in total. The molecule has 0 aromatic heterocycles. The molecular weight excluding hydrogens is 250 g/mol. The Kier molecular flexibility index (Phi) is 6.88. The third kappa shape index (κ3) is 7.55. The van der Waals surface area contributed by atoms with Gasteiger partial charge in [0.25, 0.3) is 0 Å². The second kappa shape index (κ2) is 7.71. The smallest absolute Gasteiger partial charge is 0.0564 e. The van der Waals surface area contributed by atoms with Crippen molar-refractivity contribution in [1.29, 1.82) is 0 Å². The number of rotatable bonds is 0. The molecule has 2 atom stereocenters. The van der Waals surface area contributed by atoms with Gasteiger partial charge in [-0.05, 0) is 47.5 Å². The van der Waals surface area contributed by atoms with Gasteiger partial charge in [-0.2, -0.15) is 0 Å². The molecule has 0 amide bonds. The lowest BCUT2D eigenvalue weighted by atomic mass is 9.95. The maximum Gasteiger partial charge on any atom is 0.0564 e. The van der Waals surface area contributed by atoms with Crippen LogP contribution in [0.25, 0.3) is 0 Å². The van der Waals surface area contributed by atoms with Crippen LogP contribution in [0.4, 0.5) is 0 Å². The van der Waals surface area contributed by atoms with E-state index in [1.807, 2.05) is 0 Å². The van der Waals surface area contributed by atoms with Crippen LogP contribution < -0.4 is 27.0 Å². The molecule has 0 spiro atoms. The molecule has 0 aromatic carbocycles. The summed E-state index contributed by atoms with van der Waals surface area (Å²) in [5.74, 6) is 0. The van der Waals surface area contributed by atoms with Gasteiger partial charge in [-0.3, -0.25) is 0 Å². The number of nitrogens with two attached hydrogens (primary N) is 1. The first-order valence-electron chi connectivity index (χ1n) is 7.93. The fourth-order valence-corrected chi connectivity index (χ4v) is 2.98. The molecule has 0 saturated carbocycles. The van der Waals surface area contributed by atoms with Crippen LogP contribution in [0.3, 0.4) is 0 Å². The molecule has 5 heteroatoms. The third-order valence-corrected chi connectivity index (χ3v) is 3.90. The van der Waals surface area contributed by atoms with Crippen molar-refractivity contribution in [3.63, 3.8) is 0 Å². The van der Waals surface area contributed by atoms with Crippen LogP contribution in [-0.4, -0.2) is 49.5 Å². The molecule has 120 valence electrons. The fraction of sp³-hybridized carbons (Fsp3) is 1.00. The SMILES string of the molecule is CC1CC(C)(C)NCCNC(N)CC(C)(C)NCCN1. The summed E-state index contributed by atoms with van der Waals surface area (Å²) in [4.78, 5) is 0. The number of hydrogen-bond acceptors (Lipinski definition) is 5. The molecule has 0 aromatic rings. The summed E-state index contributed by atoms with van der Waals surface area (Å²) in [6.45, 7) is 15.0. The van der Waals surface area contributed by atoms with Crippen molar-refractivity contribution < 1.29 is 0 Å². The minimum absolute atomic E-state index is 0.0391. The molecule has 0 bridgehead atoms. The van der Waals surface area contributed by atoms with Crippen LogP contribution in [0.15, 0.2) is 0 Å². The highest BCUT2D eigenvalue weighted by molar-refractivity contribution is 4.85. The maximum atomic E-state index is 6.16. The Bertz CT molecular complexity index is 249. The maximum absolute atomic E-state index is 6.16. The Labute approximate surface area is 124 Å². The van der Waals surface area contributed by atoms with Gasteiger partial charge in [0.2, 0.25) is 0 Å². The van der Waals surface area contributed by atoms with E-state index in [1.165, 1.54) is 0 Å². The predicted molar refractivity (Wildman–Crippen MR) is 86.8 cm³/mol. The van der Waals surface area contributed by atoms with Gasteiger partial charge in [0.05, 0.1) is 6.17 Å². The first-order valence-corrected chi connectivity index (χ1v) is 7.93. The van der Waals surface area contributed by atoms with Gasteiger partial charge in [0.15, 0.2) is 0 Å². The van der Waals surface area contributed by atoms with E-state index in [4.69, 9.17) is 5.73 Å². The lowest BCUT2D eigenvalue weighted by molar-refractivity contribution is 0.281. The summed E-state index contributed by atoms with van der Waals surface area (Å²) in [5, 5.41) is 14.2. The van der Waals surface area contributed by atoms with E-state index in [-0.39, 0.29) is 17.2 Å². The van der Waals surface area contributed by atoms with Crippen LogP contribution >= 0.6 is 0 Å². The van der Waals surface area contributed by atoms with Gasteiger partial charge in [-0.15, -0.1) is 0 Å². The van der Waals surface area contributed by atoms with E-state index in [0.717, 1.165) is 39.0 Å². The molecule has 1 aliphatic rings. The average Bonchev–Trinajstić information content (AvgIpc) is 2.28. The second-order valence-corrected chi connectivity index (χ2v) is 7.45. The van der Waals surface area contributed by atoms with Crippen LogP contribution in [-0.2, 0) is 0 Å². The van der Waals surface area contributed by atoms with Crippen molar-refractivity contribution in [2.24, 2.45) is 5.73 Å². The molecule has 1 rings (SSSR count). The minimum Gasteiger partial charge on any atom is -0.316 e. The van der Waals surface area contributed by atoms with Crippen molar-refractivity contribution in [2.45, 2.75) is 70.7 Å². The summed E-state index contributed by atoms with van der Waals surface area (Å²) >= 11 is 0. The predicted octanol–water partition coefficient (Wildman–Crippen LogP) is 0.369. The molecule has 20 heavy (non-hydrogen) atoms. The average molecular weight is 285 g/mol. The molecule has 1 aliphatic heterocycles. The van der Waals surface area contributed by atoms with Crippen molar-refractivity contribution in [3.05, 3.63) is 0 Å². The molecule has 0 radical (unpaired) electrons. The van der Waals surface area contributed by atoms with Crippen molar-refractivity contribution in [2.75, 3.05) is 26.2 Å². The highest BCUT2D eigenvalue weighted by atomic mass is 15.1. The quantitative estimate of drug-likeness (QED) is 0.445. The van der Waals surface area contributed by atoms with Gasteiger partial charge in [0, 0.05) is 43.3 Å². The zero-order valence-corrected chi connectivity index (χ0v) is 14.0. The van der Waals surface area contributed by atoms with Gasteiger partial charge < -0.3 is 27.0 Å². The lowest BCUT2D eigenvalue weighted by Crippen LogP contribution is -2.54. The molecule has 1 heterocycles. The molecule has 1 fully saturated rings. The van der Waals surface area contributed by atoms with Crippen LogP contribution in [0.2, 0.25) is 0 Å². The first-order chi connectivity index (χ1) is 9.20. The van der Waals surface area contributed by atoms with E-state index < -0.39 is 0 Å². The van der Waals surface area contributed by atoms with Crippen molar-refractivity contribution in [3.8, 4) is 0 Å². The summed E-state index contributed by atoms with van der Waals surface area (Å²) in [7, 11) is 0. The zero-order valence-electron chi connectivity index (χ0n) is 14.0. The minimum atomic E-state index is 0.0391. The van der Waals surface area contributed by atoms with E-state index in [0.29, 0.717) is 6.04 Å². The topological polar surface area (TPSA) is 74.1 Å². The van der Waals surface area contributed by atoms with Gasteiger partial charge in [0.1, 0.15) is 0 Å². The monoisotopic (exact) mass is 285 g/mol. The number of hydrogen-bond donors (Lipinski definition) is 5. The van der Waals surface area contributed by atoms with Crippen LogP contribution in [0, 0.1) is 0 Å². The molecule has 0 aliphatic carbocycles. The summed E-state index contributed by atoms with van der Waals surface area (Å²) < 4.78 is 0.